The Morgan fingerprint density at radius 3 is 2.57 bits per heavy atom. The van der Waals surface area contributed by atoms with Crippen LogP contribution in [-0.2, 0) is 14.3 Å². The van der Waals surface area contributed by atoms with Crippen molar-refractivity contribution >= 4 is 24.2 Å². The highest BCUT2D eigenvalue weighted by Crippen LogP contribution is 2.23. The molecule has 9 heteroatoms. The second-order valence-electron chi connectivity index (χ2n) is 6.72. The van der Waals surface area contributed by atoms with Gasteiger partial charge < -0.3 is 20.7 Å². The summed E-state index contributed by atoms with van der Waals surface area (Å²) in [7, 11) is 0. The third-order valence-electron chi connectivity index (χ3n) is 4.59. The van der Waals surface area contributed by atoms with E-state index in [0.29, 0.717) is 26.2 Å². The van der Waals surface area contributed by atoms with Crippen molar-refractivity contribution in [3.05, 3.63) is 35.4 Å². The number of nitrogens with one attached hydrogen (secondary N) is 1. The second kappa shape index (κ2) is 11.9. The summed E-state index contributed by atoms with van der Waals surface area (Å²) in [5.41, 5.74) is 5.54. The Labute approximate surface area is 170 Å². The van der Waals surface area contributed by atoms with Crippen LogP contribution in [0.25, 0.3) is 0 Å². The molecule has 0 aromatic heterocycles. The molecule has 0 bridgehead atoms. The Hall–Kier alpha value is -1.77. The van der Waals surface area contributed by atoms with Crippen molar-refractivity contribution in [1.82, 2.24) is 10.2 Å². The lowest BCUT2D eigenvalue weighted by Crippen LogP contribution is -2.42. The maximum absolute atomic E-state index is 14.1. The van der Waals surface area contributed by atoms with Gasteiger partial charge in [0.05, 0.1) is 18.6 Å². The number of carbonyl (C=O) groups is 2. The number of carbonyl (C=O) groups excluding carboxylic acids is 2. The second-order valence-corrected chi connectivity index (χ2v) is 6.72. The first-order valence-corrected chi connectivity index (χ1v) is 9.22. The van der Waals surface area contributed by atoms with Gasteiger partial charge in [-0.25, -0.2) is 8.78 Å². The van der Waals surface area contributed by atoms with Crippen LogP contribution in [0.15, 0.2) is 18.2 Å². The zero-order valence-corrected chi connectivity index (χ0v) is 16.8. The van der Waals surface area contributed by atoms with Crippen LogP contribution in [0.3, 0.4) is 0 Å². The molecule has 2 amide bonds. The number of ether oxygens (including phenoxy) is 1. The van der Waals surface area contributed by atoms with Crippen molar-refractivity contribution in [2.75, 3.05) is 26.2 Å². The average Bonchev–Trinajstić information content (AvgIpc) is 2.61. The largest absolute Gasteiger partial charge is 0.378 e. The van der Waals surface area contributed by atoms with Crippen LogP contribution in [0.2, 0.25) is 0 Å². The smallest absolute Gasteiger partial charge is 0.224 e. The number of likely N-dealkylation sites (tertiary alicyclic amines) is 1. The molecule has 0 radical (unpaired) electrons. The van der Waals surface area contributed by atoms with E-state index in [-0.39, 0.29) is 42.3 Å². The predicted molar refractivity (Wildman–Crippen MR) is 104 cm³/mol. The summed E-state index contributed by atoms with van der Waals surface area (Å²) < 4.78 is 33.0. The third-order valence-corrected chi connectivity index (χ3v) is 4.59. The van der Waals surface area contributed by atoms with Crippen LogP contribution in [0.4, 0.5) is 8.78 Å². The molecule has 0 aliphatic carbocycles. The van der Waals surface area contributed by atoms with Crippen molar-refractivity contribution in [3.8, 4) is 0 Å². The lowest BCUT2D eigenvalue weighted by molar-refractivity contribution is -0.134. The minimum Gasteiger partial charge on any atom is -0.378 e. The van der Waals surface area contributed by atoms with Gasteiger partial charge in [0, 0.05) is 38.2 Å². The molecule has 1 atom stereocenters. The van der Waals surface area contributed by atoms with E-state index in [1.165, 1.54) is 13.0 Å². The van der Waals surface area contributed by atoms with E-state index in [9.17, 15) is 18.4 Å². The Morgan fingerprint density at radius 2 is 2.00 bits per heavy atom. The number of hydrogen-bond acceptors (Lipinski definition) is 4. The van der Waals surface area contributed by atoms with Gasteiger partial charge in [0.1, 0.15) is 11.6 Å². The van der Waals surface area contributed by atoms with Gasteiger partial charge in [-0.05, 0) is 31.9 Å². The Balaban J connectivity index is 0.00000392. The molecule has 0 spiro atoms. The monoisotopic (exact) mass is 419 g/mol. The molecule has 28 heavy (non-hydrogen) atoms. The van der Waals surface area contributed by atoms with Gasteiger partial charge >= 0.3 is 0 Å². The van der Waals surface area contributed by atoms with E-state index >= 15 is 0 Å². The highest BCUT2D eigenvalue weighted by atomic mass is 35.5. The molecule has 3 N–H and O–H groups in total. The molecule has 1 saturated heterocycles. The molecule has 0 saturated carbocycles. The zero-order valence-electron chi connectivity index (χ0n) is 16.0. The molecule has 158 valence electrons. The molecule has 1 aliphatic heterocycles. The molecule has 1 aliphatic rings. The number of hydrogen-bond donors (Lipinski definition) is 2. The SMILES string of the molecule is CC(=O)NC(CC(=O)N1CCC(OCCCN)CC1)c1ccc(F)cc1F.Cl. The highest BCUT2D eigenvalue weighted by Gasteiger charge is 2.27. The summed E-state index contributed by atoms with van der Waals surface area (Å²) in [5.74, 6) is -2.06. The van der Waals surface area contributed by atoms with E-state index in [4.69, 9.17) is 10.5 Å². The molecule has 1 fully saturated rings. The maximum atomic E-state index is 14.1. The molecular formula is C19H28ClF2N3O3. The molecule has 1 aromatic rings. The first-order valence-electron chi connectivity index (χ1n) is 9.22. The summed E-state index contributed by atoms with van der Waals surface area (Å²) in [6.07, 6.45) is 2.29. The van der Waals surface area contributed by atoms with E-state index < -0.39 is 17.7 Å². The highest BCUT2D eigenvalue weighted by molar-refractivity contribution is 5.85. The number of halogens is 3. The van der Waals surface area contributed by atoms with Crippen molar-refractivity contribution in [3.63, 3.8) is 0 Å². The Bertz CT molecular complexity index is 655. The van der Waals surface area contributed by atoms with Crippen LogP contribution >= 0.6 is 12.4 Å². The fourth-order valence-corrected chi connectivity index (χ4v) is 3.18. The number of nitrogens with zero attached hydrogens (tertiary/aromatic N) is 1. The summed E-state index contributed by atoms with van der Waals surface area (Å²) >= 11 is 0. The standard InChI is InChI=1S/C19H27F2N3O3.ClH/c1-13(25)23-18(16-4-3-14(20)11-17(16)21)12-19(26)24-8-5-15(6-9-24)27-10-2-7-22;/h3-4,11,15,18H,2,5-10,12,22H2,1H3,(H,23,25);1H. The van der Waals surface area contributed by atoms with E-state index in [0.717, 1.165) is 31.4 Å². The predicted octanol–water partition coefficient (Wildman–Crippen LogP) is 2.31. The topological polar surface area (TPSA) is 84.7 Å². The van der Waals surface area contributed by atoms with Gasteiger partial charge in [0.15, 0.2) is 0 Å². The fraction of sp³-hybridized carbons (Fsp3) is 0.579. The molecule has 1 heterocycles. The molecule has 1 unspecified atom stereocenters. The van der Waals surface area contributed by atoms with Gasteiger partial charge in [0.2, 0.25) is 11.8 Å². The van der Waals surface area contributed by atoms with Gasteiger partial charge in [-0.3, -0.25) is 9.59 Å². The van der Waals surface area contributed by atoms with Crippen molar-refractivity contribution < 1.29 is 23.1 Å². The number of piperidine rings is 1. The number of amides is 2. The Kier molecular flexibility index (Phi) is 10.3. The maximum Gasteiger partial charge on any atom is 0.224 e. The summed E-state index contributed by atoms with van der Waals surface area (Å²) in [5, 5.41) is 2.58. The van der Waals surface area contributed by atoms with Gasteiger partial charge in [-0.1, -0.05) is 6.07 Å². The minimum absolute atomic E-state index is 0. The van der Waals surface area contributed by atoms with Gasteiger partial charge in [-0.15, -0.1) is 12.4 Å². The summed E-state index contributed by atoms with van der Waals surface area (Å²) in [6.45, 7) is 3.59. The third kappa shape index (κ3) is 7.33. The fourth-order valence-electron chi connectivity index (χ4n) is 3.18. The molecule has 6 nitrogen and oxygen atoms in total. The molecule has 2 rings (SSSR count). The first kappa shape index (κ1) is 24.3. The van der Waals surface area contributed by atoms with Crippen molar-refractivity contribution in [2.45, 2.75) is 44.8 Å². The quantitative estimate of drug-likeness (QED) is 0.633. The number of benzene rings is 1. The first-order chi connectivity index (χ1) is 12.9. The molecule has 1 aromatic carbocycles. The molecular weight excluding hydrogens is 392 g/mol. The average molecular weight is 420 g/mol. The minimum atomic E-state index is -0.839. The van der Waals surface area contributed by atoms with E-state index in [1.807, 2.05) is 0 Å². The van der Waals surface area contributed by atoms with Gasteiger partial charge in [0.25, 0.3) is 0 Å². The lowest BCUT2D eigenvalue weighted by atomic mass is 10.0. The lowest BCUT2D eigenvalue weighted by Gasteiger charge is -2.33. The van der Waals surface area contributed by atoms with E-state index in [2.05, 4.69) is 5.32 Å². The van der Waals surface area contributed by atoms with Crippen LogP contribution < -0.4 is 11.1 Å². The zero-order chi connectivity index (χ0) is 19.8. The summed E-state index contributed by atoms with van der Waals surface area (Å²) in [6, 6.07) is 2.28. The summed E-state index contributed by atoms with van der Waals surface area (Å²) in [4.78, 5) is 25.8. The van der Waals surface area contributed by atoms with E-state index in [1.54, 1.807) is 4.90 Å². The van der Waals surface area contributed by atoms with Gasteiger partial charge in [-0.2, -0.15) is 0 Å². The van der Waals surface area contributed by atoms with Crippen molar-refractivity contribution in [1.29, 1.82) is 0 Å². The van der Waals surface area contributed by atoms with Crippen LogP contribution in [0, 0.1) is 11.6 Å². The van der Waals surface area contributed by atoms with Crippen molar-refractivity contribution in [2.24, 2.45) is 5.73 Å². The van der Waals surface area contributed by atoms with Crippen LogP contribution in [0.5, 0.6) is 0 Å². The number of rotatable bonds is 8. The van der Waals surface area contributed by atoms with Crippen LogP contribution in [0.1, 0.15) is 44.2 Å². The Morgan fingerprint density at radius 1 is 1.32 bits per heavy atom. The normalized spacial score (nSPS) is 15.6. The van der Waals surface area contributed by atoms with Crippen LogP contribution in [-0.4, -0.2) is 49.1 Å². The number of nitrogens with two attached hydrogens (primary N) is 1.